The first kappa shape index (κ1) is 10.1. The number of carbonyl (C=O) groups is 1. The molecular formula is C5H9NO4S. The molecule has 0 aromatic carbocycles. The second-order valence-corrected chi connectivity index (χ2v) is 2.76. The van der Waals surface area contributed by atoms with Crippen molar-refractivity contribution < 1.29 is 17.9 Å². The van der Waals surface area contributed by atoms with Gasteiger partial charge in [-0.1, -0.05) is 0 Å². The fraction of sp³-hybridized carbons (Fsp3) is 0.600. The van der Waals surface area contributed by atoms with Crippen molar-refractivity contribution >= 4 is 23.5 Å². The van der Waals surface area contributed by atoms with Crippen LogP contribution in [0.1, 0.15) is 6.42 Å². The lowest BCUT2D eigenvalue weighted by Crippen LogP contribution is -2.08. The average Bonchev–Trinajstić information content (AvgIpc) is 2.01. The standard InChI is InChI=1S/C5H9NO4S/c1-9-5(7)2-3-11(8)10-4-6/h4,6H,2-3H2,1H3. The number of hydrogen-bond acceptors (Lipinski definition) is 5. The van der Waals surface area contributed by atoms with E-state index in [1.54, 1.807) is 0 Å². The predicted molar refractivity (Wildman–Crippen MR) is 39.5 cm³/mol. The Kier molecular flexibility index (Phi) is 5.36. The first-order valence-corrected chi connectivity index (χ1v) is 4.06. The van der Waals surface area contributed by atoms with Crippen LogP contribution >= 0.6 is 0 Å². The molecule has 0 aromatic rings. The molecule has 64 valence electrons. The van der Waals surface area contributed by atoms with E-state index in [9.17, 15) is 9.00 Å². The zero-order valence-corrected chi connectivity index (χ0v) is 6.85. The monoisotopic (exact) mass is 179 g/mol. The molecule has 0 aromatic heterocycles. The molecule has 0 aliphatic rings. The van der Waals surface area contributed by atoms with Gasteiger partial charge in [-0.15, -0.1) is 0 Å². The zero-order chi connectivity index (χ0) is 8.69. The molecule has 0 amide bonds. The highest BCUT2D eigenvalue weighted by molar-refractivity contribution is 7.80. The van der Waals surface area contributed by atoms with Gasteiger partial charge in [0.15, 0.2) is 6.40 Å². The van der Waals surface area contributed by atoms with Gasteiger partial charge in [0, 0.05) is 0 Å². The molecular weight excluding hydrogens is 170 g/mol. The lowest BCUT2D eigenvalue weighted by atomic mass is 10.5. The van der Waals surface area contributed by atoms with Crippen LogP contribution < -0.4 is 0 Å². The van der Waals surface area contributed by atoms with Crippen LogP contribution in [0.4, 0.5) is 0 Å². The summed E-state index contributed by atoms with van der Waals surface area (Å²) >= 11 is -1.59. The number of hydrogen-bond donors (Lipinski definition) is 1. The van der Waals surface area contributed by atoms with Crippen molar-refractivity contribution in [2.45, 2.75) is 6.42 Å². The van der Waals surface area contributed by atoms with E-state index in [-0.39, 0.29) is 12.2 Å². The van der Waals surface area contributed by atoms with Gasteiger partial charge in [0.2, 0.25) is 11.1 Å². The van der Waals surface area contributed by atoms with E-state index in [0.717, 1.165) is 0 Å². The van der Waals surface area contributed by atoms with Crippen molar-refractivity contribution in [3.63, 3.8) is 0 Å². The van der Waals surface area contributed by atoms with E-state index in [1.165, 1.54) is 7.11 Å². The topological polar surface area (TPSA) is 76.5 Å². The van der Waals surface area contributed by atoms with E-state index in [1.807, 2.05) is 0 Å². The summed E-state index contributed by atoms with van der Waals surface area (Å²) in [5, 5.41) is 6.41. The third-order valence-corrected chi connectivity index (χ3v) is 1.70. The Balaban J connectivity index is 3.45. The summed E-state index contributed by atoms with van der Waals surface area (Å²) in [7, 11) is 1.25. The molecule has 5 nitrogen and oxygen atoms in total. The van der Waals surface area contributed by atoms with Crippen molar-refractivity contribution in [2.24, 2.45) is 0 Å². The molecule has 0 bridgehead atoms. The number of methoxy groups -OCH3 is 1. The van der Waals surface area contributed by atoms with Crippen LogP contribution in [0.25, 0.3) is 0 Å². The molecule has 6 heteroatoms. The number of carbonyl (C=O) groups excluding carboxylic acids is 1. The van der Waals surface area contributed by atoms with Gasteiger partial charge in [-0.3, -0.25) is 10.2 Å². The highest BCUT2D eigenvalue weighted by Gasteiger charge is 2.04. The van der Waals surface area contributed by atoms with Gasteiger partial charge >= 0.3 is 5.97 Å². The molecule has 0 spiro atoms. The van der Waals surface area contributed by atoms with Crippen LogP contribution in [0.3, 0.4) is 0 Å². The predicted octanol–water partition coefficient (Wildman–Crippen LogP) is -0.163. The molecule has 0 radical (unpaired) electrons. The fourth-order valence-corrected chi connectivity index (χ4v) is 0.907. The molecule has 11 heavy (non-hydrogen) atoms. The van der Waals surface area contributed by atoms with Crippen molar-refractivity contribution in [3.8, 4) is 0 Å². The number of esters is 1. The van der Waals surface area contributed by atoms with Crippen LogP contribution in [0.15, 0.2) is 0 Å². The summed E-state index contributed by atoms with van der Waals surface area (Å²) in [4.78, 5) is 10.5. The average molecular weight is 179 g/mol. The molecule has 0 aliphatic carbocycles. The van der Waals surface area contributed by atoms with Gasteiger partial charge in [-0.05, 0) is 0 Å². The fourth-order valence-electron chi connectivity index (χ4n) is 0.371. The zero-order valence-electron chi connectivity index (χ0n) is 6.03. The second kappa shape index (κ2) is 5.84. The highest BCUT2D eigenvalue weighted by Crippen LogP contribution is 1.90. The summed E-state index contributed by atoms with van der Waals surface area (Å²) in [6.07, 6.45) is 0.615. The summed E-state index contributed by atoms with van der Waals surface area (Å²) in [5.74, 6) is -0.380. The van der Waals surface area contributed by atoms with Gasteiger partial charge in [-0.25, -0.2) is 4.21 Å². The summed E-state index contributed by atoms with van der Waals surface area (Å²) in [5.41, 5.74) is 0. The molecule has 0 saturated heterocycles. The van der Waals surface area contributed by atoms with E-state index >= 15 is 0 Å². The van der Waals surface area contributed by atoms with E-state index in [4.69, 9.17) is 5.41 Å². The van der Waals surface area contributed by atoms with Crippen LogP contribution in [0.5, 0.6) is 0 Å². The molecule has 1 atom stereocenters. The minimum absolute atomic E-state index is 0.0386. The molecule has 1 unspecified atom stereocenters. The van der Waals surface area contributed by atoms with Gasteiger partial charge in [0.05, 0.1) is 19.3 Å². The van der Waals surface area contributed by atoms with Crippen molar-refractivity contribution in [3.05, 3.63) is 0 Å². The highest BCUT2D eigenvalue weighted by atomic mass is 32.2. The maximum Gasteiger partial charge on any atom is 0.306 e. The molecule has 0 saturated carbocycles. The summed E-state index contributed by atoms with van der Waals surface area (Å²) < 4.78 is 19.1. The number of ether oxygens (including phenoxy) is 1. The lowest BCUT2D eigenvalue weighted by molar-refractivity contribution is -0.140. The Bertz CT molecular complexity index is 170. The van der Waals surface area contributed by atoms with E-state index < -0.39 is 17.0 Å². The third-order valence-electron chi connectivity index (χ3n) is 0.856. The van der Waals surface area contributed by atoms with Crippen molar-refractivity contribution in [1.29, 1.82) is 5.41 Å². The number of rotatable bonds is 5. The Morgan fingerprint density at radius 1 is 1.73 bits per heavy atom. The van der Waals surface area contributed by atoms with Crippen molar-refractivity contribution in [2.75, 3.05) is 12.9 Å². The van der Waals surface area contributed by atoms with Crippen LogP contribution in [-0.2, 0) is 24.8 Å². The Morgan fingerprint density at radius 2 is 2.36 bits per heavy atom. The molecule has 1 N–H and O–H groups in total. The minimum Gasteiger partial charge on any atom is -0.469 e. The van der Waals surface area contributed by atoms with Crippen LogP contribution in [0, 0.1) is 5.41 Å². The van der Waals surface area contributed by atoms with Crippen molar-refractivity contribution in [1.82, 2.24) is 0 Å². The lowest BCUT2D eigenvalue weighted by Gasteiger charge is -1.97. The third kappa shape index (κ3) is 5.53. The molecule has 0 fully saturated rings. The van der Waals surface area contributed by atoms with E-state index in [2.05, 4.69) is 8.92 Å². The first-order valence-electron chi connectivity index (χ1n) is 2.82. The molecule has 0 rings (SSSR count). The smallest absolute Gasteiger partial charge is 0.306 e. The Morgan fingerprint density at radius 3 is 2.82 bits per heavy atom. The molecule has 0 aliphatic heterocycles. The minimum atomic E-state index is -1.59. The summed E-state index contributed by atoms with van der Waals surface area (Å²) in [6, 6.07) is 0. The maximum absolute atomic E-state index is 10.6. The Hall–Kier alpha value is -0.910. The van der Waals surface area contributed by atoms with Gasteiger partial charge in [0.25, 0.3) is 0 Å². The SMILES string of the molecule is COC(=O)CCS(=O)OC=N. The van der Waals surface area contributed by atoms with Crippen LogP contribution in [-0.4, -0.2) is 29.4 Å². The first-order chi connectivity index (χ1) is 5.20. The normalized spacial score (nSPS) is 11.7. The van der Waals surface area contributed by atoms with Gasteiger partial charge in [-0.2, -0.15) is 0 Å². The van der Waals surface area contributed by atoms with Crippen LogP contribution in [0.2, 0.25) is 0 Å². The molecule has 0 heterocycles. The maximum atomic E-state index is 10.6. The largest absolute Gasteiger partial charge is 0.469 e. The second-order valence-electron chi connectivity index (χ2n) is 1.55. The quantitative estimate of drug-likeness (QED) is 0.361. The van der Waals surface area contributed by atoms with Gasteiger partial charge < -0.3 is 8.92 Å². The summed E-state index contributed by atoms with van der Waals surface area (Å²) in [6.45, 7) is 0. The van der Waals surface area contributed by atoms with Gasteiger partial charge in [0.1, 0.15) is 0 Å². The number of nitrogens with one attached hydrogen (secondary N) is 1. The van der Waals surface area contributed by atoms with E-state index in [0.29, 0.717) is 6.40 Å². The Labute approximate surface area is 66.9 Å².